The molecule has 0 atom stereocenters. The SMILES string of the molecule is CBc1ccc(Oc2cc(CC(=O)OCC)ccc2Cl)c(C=O)c1. The van der Waals surface area contributed by atoms with Crippen molar-refractivity contribution in [1.29, 1.82) is 0 Å². The van der Waals surface area contributed by atoms with Crippen LogP contribution in [0.1, 0.15) is 22.8 Å². The fourth-order valence-electron chi connectivity index (χ4n) is 2.24. The van der Waals surface area contributed by atoms with Gasteiger partial charge in [-0.15, -0.1) is 0 Å². The van der Waals surface area contributed by atoms with Crippen molar-refractivity contribution in [2.24, 2.45) is 0 Å². The Hall–Kier alpha value is -2.27. The lowest BCUT2D eigenvalue weighted by Crippen LogP contribution is -2.11. The van der Waals surface area contributed by atoms with Gasteiger partial charge in [0.15, 0.2) is 13.6 Å². The fraction of sp³-hybridized carbons (Fsp3) is 0.222. The molecule has 124 valence electrons. The second-order valence-electron chi connectivity index (χ2n) is 5.19. The molecular formula is C18H18BClO4. The van der Waals surface area contributed by atoms with Crippen LogP contribution in [-0.2, 0) is 16.0 Å². The molecule has 2 rings (SSSR count). The molecule has 2 aromatic rings. The number of hydrogen-bond donors (Lipinski definition) is 0. The van der Waals surface area contributed by atoms with Gasteiger partial charge in [-0.05, 0) is 30.7 Å². The van der Waals surface area contributed by atoms with Gasteiger partial charge in [0.05, 0.1) is 23.6 Å². The summed E-state index contributed by atoms with van der Waals surface area (Å²) in [6.45, 7) is 4.11. The highest BCUT2D eigenvalue weighted by Gasteiger charge is 2.11. The van der Waals surface area contributed by atoms with E-state index in [0.717, 1.165) is 24.6 Å². The Balaban J connectivity index is 2.26. The van der Waals surface area contributed by atoms with Gasteiger partial charge in [-0.3, -0.25) is 9.59 Å². The molecule has 4 nitrogen and oxygen atoms in total. The van der Waals surface area contributed by atoms with E-state index in [0.29, 0.717) is 28.7 Å². The molecule has 0 saturated carbocycles. The number of aldehydes is 1. The molecule has 0 aliphatic rings. The molecule has 24 heavy (non-hydrogen) atoms. The maximum atomic E-state index is 11.6. The summed E-state index contributed by atoms with van der Waals surface area (Å²) in [6.07, 6.45) is 0.890. The quantitative estimate of drug-likeness (QED) is 0.440. The molecule has 0 aromatic heterocycles. The summed E-state index contributed by atoms with van der Waals surface area (Å²) < 4.78 is 10.7. The molecule has 0 amide bonds. The molecule has 0 aliphatic heterocycles. The van der Waals surface area contributed by atoms with Crippen LogP contribution in [0.25, 0.3) is 0 Å². The smallest absolute Gasteiger partial charge is 0.310 e. The van der Waals surface area contributed by atoms with Crippen molar-refractivity contribution in [1.82, 2.24) is 0 Å². The van der Waals surface area contributed by atoms with E-state index in [4.69, 9.17) is 21.1 Å². The fourth-order valence-corrected chi connectivity index (χ4v) is 2.39. The number of esters is 1. The Labute approximate surface area is 147 Å². The summed E-state index contributed by atoms with van der Waals surface area (Å²) in [5, 5.41) is 0.402. The number of benzene rings is 2. The first kappa shape index (κ1) is 18.1. The lowest BCUT2D eigenvalue weighted by atomic mass is 9.73. The zero-order valence-electron chi connectivity index (χ0n) is 13.7. The summed E-state index contributed by atoms with van der Waals surface area (Å²) in [5.74, 6) is 0.509. The maximum Gasteiger partial charge on any atom is 0.310 e. The normalized spacial score (nSPS) is 10.1. The van der Waals surface area contributed by atoms with Crippen LogP contribution in [0.5, 0.6) is 11.5 Å². The first-order valence-corrected chi connectivity index (χ1v) is 8.15. The van der Waals surface area contributed by atoms with Crippen molar-refractivity contribution in [3.05, 3.63) is 52.5 Å². The standard InChI is InChI=1S/C18H18BClO4/c1-3-23-18(22)9-12-4-6-15(20)17(8-12)24-16-7-5-14(19-2)10-13(16)11-21/h4-8,10-11,19H,3,9H2,1-2H3. The zero-order chi connectivity index (χ0) is 17.5. The molecule has 0 spiro atoms. The van der Waals surface area contributed by atoms with Crippen molar-refractivity contribution >= 4 is 36.6 Å². The van der Waals surface area contributed by atoms with Gasteiger partial charge >= 0.3 is 5.97 Å². The number of hydrogen-bond acceptors (Lipinski definition) is 4. The summed E-state index contributed by atoms with van der Waals surface area (Å²) in [7, 11) is 0.830. The largest absolute Gasteiger partial charge is 0.466 e. The molecule has 0 saturated heterocycles. The highest BCUT2D eigenvalue weighted by atomic mass is 35.5. The minimum atomic E-state index is -0.313. The molecule has 0 N–H and O–H groups in total. The van der Waals surface area contributed by atoms with Crippen molar-refractivity contribution in [2.45, 2.75) is 20.2 Å². The molecule has 0 fully saturated rings. The Bertz CT molecular complexity index is 746. The second kappa shape index (κ2) is 8.55. The predicted octanol–water partition coefficient (Wildman–Crippen LogP) is 3.16. The predicted molar refractivity (Wildman–Crippen MR) is 96.3 cm³/mol. The topological polar surface area (TPSA) is 52.6 Å². The highest BCUT2D eigenvalue weighted by Crippen LogP contribution is 2.31. The Morgan fingerprint density at radius 3 is 2.67 bits per heavy atom. The third-order valence-corrected chi connectivity index (χ3v) is 3.79. The summed E-state index contributed by atoms with van der Waals surface area (Å²) in [4.78, 5) is 22.9. The van der Waals surface area contributed by atoms with Crippen LogP contribution in [0.3, 0.4) is 0 Å². The third-order valence-electron chi connectivity index (χ3n) is 3.48. The van der Waals surface area contributed by atoms with Gasteiger partial charge in [-0.1, -0.05) is 42.1 Å². The van der Waals surface area contributed by atoms with Crippen molar-refractivity contribution in [2.75, 3.05) is 6.61 Å². The summed E-state index contributed by atoms with van der Waals surface area (Å²) >= 11 is 6.17. The van der Waals surface area contributed by atoms with E-state index in [-0.39, 0.29) is 12.4 Å². The van der Waals surface area contributed by atoms with Crippen LogP contribution >= 0.6 is 11.6 Å². The number of ether oxygens (including phenoxy) is 2. The van der Waals surface area contributed by atoms with E-state index >= 15 is 0 Å². The molecular weight excluding hydrogens is 326 g/mol. The first-order valence-electron chi connectivity index (χ1n) is 7.77. The van der Waals surface area contributed by atoms with E-state index in [1.807, 2.05) is 12.9 Å². The van der Waals surface area contributed by atoms with Crippen LogP contribution in [0.4, 0.5) is 0 Å². The monoisotopic (exact) mass is 344 g/mol. The van der Waals surface area contributed by atoms with E-state index < -0.39 is 0 Å². The second-order valence-corrected chi connectivity index (χ2v) is 5.60. The molecule has 0 unspecified atom stereocenters. The van der Waals surface area contributed by atoms with E-state index in [1.54, 1.807) is 37.3 Å². The first-order chi connectivity index (χ1) is 11.6. The molecule has 0 aliphatic carbocycles. The van der Waals surface area contributed by atoms with E-state index in [2.05, 4.69) is 0 Å². The summed E-state index contributed by atoms with van der Waals surface area (Å²) in [6, 6.07) is 10.5. The summed E-state index contributed by atoms with van der Waals surface area (Å²) in [5.41, 5.74) is 2.23. The van der Waals surface area contributed by atoms with Crippen molar-refractivity contribution in [3.8, 4) is 11.5 Å². The van der Waals surface area contributed by atoms with Gasteiger partial charge in [0.25, 0.3) is 0 Å². The number of halogens is 1. The average Bonchev–Trinajstić information content (AvgIpc) is 2.58. The third kappa shape index (κ3) is 4.62. The van der Waals surface area contributed by atoms with Gasteiger partial charge < -0.3 is 9.47 Å². The lowest BCUT2D eigenvalue weighted by Gasteiger charge is -2.12. The lowest BCUT2D eigenvalue weighted by molar-refractivity contribution is -0.142. The number of carbonyl (C=O) groups excluding carboxylic acids is 2. The highest BCUT2D eigenvalue weighted by molar-refractivity contribution is 6.52. The van der Waals surface area contributed by atoms with Gasteiger partial charge in [-0.2, -0.15) is 0 Å². The van der Waals surface area contributed by atoms with E-state index in [9.17, 15) is 9.59 Å². The zero-order valence-corrected chi connectivity index (χ0v) is 14.4. The molecule has 0 bridgehead atoms. The van der Waals surface area contributed by atoms with Crippen LogP contribution < -0.4 is 10.2 Å². The number of carbonyl (C=O) groups is 2. The molecule has 2 aromatic carbocycles. The molecule has 0 radical (unpaired) electrons. The Morgan fingerprint density at radius 1 is 1.21 bits per heavy atom. The van der Waals surface area contributed by atoms with Gasteiger partial charge in [0.1, 0.15) is 11.5 Å². The Kier molecular flexibility index (Phi) is 6.44. The van der Waals surface area contributed by atoms with Gasteiger partial charge in [-0.25, -0.2) is 0 Å². The Morgan fingerprint density at radius 2 is 2.00 bits per heavy atom. The molecule has 0 heterocycles. The maximum absolute atomic E-state index is 11.6. The van der Waals surface area contributed by atoms with Crippen molar-refractivity contribution < 1.29 is 19.1 Å². The van der Waals surface area contributed by atoms with Crippen LogP contribution in [0.15, 0.2) is 36.4 Å². The minimum absolute atomic E-state index is 0.136. The molecule has 6 heteroatoms. The number of rotatable bonds is 7. The van der Waals surface area contributed by atoms with Crippen molar-refractivity contribution in [3.63, 3.8) is 0 Å². The average molecular weight is 345 g/mol. The van der Waals surface area contributed by atoms with Crippen LogP contribution in [0.2, 0.25) is 11.8 Å². The van der Waals surface area contributed by atoms with Gasteiger partial charge in [0.2, 0.25) is 0 Å². The van der Waals surface area contributed by atoms with Crippen LogP contribution in [0, 0.1) is 0 Å². The minimum Gasteiger partial charge on any atom is -0.466 e. The van der Waals surface area contributed by atoms with Crippen LogP contribution in [-0.4, -0.2) is 26.1 Å². The van der Waals surface area contributed by atoms with E-state index in [1.165, 1.54) is 0 Å². The van der Waals surface area contributed by atoms with Gasteiger partial charge in [0, 0.05) is 0 Å².